The summed E-state index contributed by atoms with van der Waals surface area (Å²) in [4.78, 5) is 0. The molecule has 1 rings (SSSR count). The van der Waals surface area contributed by atoms with E-state index in [4.69, 9.17) is 0 Å². The Morgan fingerprint density at radius 2 is 1.69 bits per heavy atom. The van der Waals surface area contributed by atoms with E-state index in [0.29, 0.717) is 0 Å². The Bertz CT molecular complexity index is 111. The van der Waals surface area contributed by atoms with Crippen molar-refractivity contribution in [2.75, 3.05) is 11.9 Å². The largest absolute Gasteiger partial charge is 0.314 e. The number of unbranched alkanes of at least 4 members (excludes halogenated alkanes) is 3. The summed E-state index contributed by atoms with van der Waals surface area (Å²) in [5.41, 5.74) is 0. The number of hydrogen-bond acceptors (Lipinski definition) is 1. The summed E-state index contributed by atoms with van der Waals surface area (Å²) >= 11 is 3.46. The zero-order valence-corrected chi connectivity index (χ0v) is 10.1. The lowest BCUT2D eigenvalue weighted by Gasteiger charge is -2.10. The fraction of sp³-hybridized carbons (Fsp3) is 1.00. The molecule has 0 atom stereocenters. The molecule has 1 aliphatic rings. The van der Waals surface area contributed by atoms with Crippen molar-refractivity contribution in [2.45, 2.75) is 57.4 Å². The van der Waals surface area contributed by atoms with Gasteiger partial charge in [-0.2, -0.15) is 0 Å². The monoisotopic (exact) mass is 247 g/mol. The SMILES string of the molecule is BrCCCCCCNC1CCCC1. The lowest BCUT2D eigenvalue weighted by molar-refractivity contribution is 0.502. The van der Waals surface area contributed by atoms with E-state index < -0.39 is 0 Å². The molecular weight excluding hydrogens is 226 g/mol. The van der Waals surface area contributed by atoms with Crippen LogP contribution < -0.4 is 5.32 Å². The highest BCUT2D eigenvalue weighted by atomic mass is 79.9. The lowest BCUT2D eigenvalue weighted by atomic mass is 10.2. The van der Waals surface area contributed by atoms with Crippen LogP contribution >= 0.6 is 15.9 Å². The lowest BCUT2D eigenvalue weighted by Crippen LogP contribution is -2.26. The van der Waals surface area contributed by atoms with E-state index in [2.05, 4.69) is 21.2 Å². The molecule has 0 amide bonds. The van der Waals surface area contributed by atoms with Crippen molar-refractivity contribution < 1.29 is 0 Å². The van der Waals surface area contributed by atoms with Crippen molar-refractivity contribution in [1.82, 2.24) is 5.32 Å². The molecule has 0 heterocycles. The van der Waals surface area contributed by atoms with Crippen molar-refractivity contribution >= 4 is 15.9 Å². The van der Waals surface area contributed by atoms with E-state index in [9.17, 15) is 0 Å². The standard InChI is InChI=1S/C11H22BrN/c12-9-5-1-2-6-10-13-11-7-3-4-8-11/h11,13H,1-10H2. The number of halogens is 1. The third kappa shape index (κ3) is 5.69. The fourth-order valence-corrected chi connectivity index (χ4v) is 2.41. The average molecular weight is 248 g/mol. The Hall–Kier alpha value is 0.440. The van der Waals surface area contributed by atoms with Crippen molar-refractivity contribution in [3.63, 3.8) is 0 Å². The summed E-state index contributed by atoms with van der Waals surface area (Å²) in [6, 6.07) is 0.858. The van der Waals surface area contributed by atoms with Crippen molar-refractivity contribution in [3.8, 4) is 0 Å². The van der Waals surface area contributed by atoms with E-state index in [0.717, 1.165) is 6.04 Å². The topological polar surface area (TPSA) is 12.0 Å². The number of nitrogens with one attached hydrogen (secondary N) is 1. The maximum atomic E-state index is 3.65. The Balaban J connectivity index is 1.78. The zero-order chi connectivity index (χ0) is 9.36. The summed E-state index contributed by atoms with van der Waals surface area (Å²) in [6.45, 7) is 1.24. The first kappa shape index (κ1) is 11.5. The summed E-state index contributed by atoms with van der Waals surface area (Å²) < 4.78 is 0. The van der Waals surface area contributed by atoms with Gasteiger partial charge in [-0.15, -0.1) is 0 Å². The van der Waals surface area contributed by atoms with Gasteiger partial charge in [-0.3, -0.25) is 0 Å². The van der Waals surface area contributed by atoms with Crippen molar-refractivity contribution in [1.29, 1.82) is 0 Å². The van der Waals surface area contributed by atoms with E-state index in [1.165, 1.54) is 63.2 Å². The predicted molar refractivity (Wildman–Crippen MR) is 62.5 cm³/mol. The molecule has 13 heavy (non-hydrogen) atoms. The Labute approximate surface area is 90.8 Å². The minimum atomic E-state index is 0.858. The molecular formula is C11H22BrN. The second kappa shape index (κ2) is 7.81. The first-order valence-corrected chi connectivity index (χ1v) is 6.85. The molecule has 78 valence electrons. The summed E-state index contributed by atoms with van der Waals surface area (Å²) in [6.07, 6.45) is 11.2. The molecule has 1 nitrogen and oxygen atoms in total. The summed E-state index contributed by atoms with van der Waals surface area (Å²) in [5.74, 6) is 0. The molecule has 1 aliphatic carbocycles. The van der Waals surface area contributed by atoms with Gasteiger partial charge in [0, 0.05) is 11.4 Å². The van der Waals surface area contributed by atoms with E-state index in [1.807, 2.05) is 0 Å². The van der Waals surface area contributed by atoms with Gasteiger partial charge in [0.05, 0.1) is 0 Å². The molecule has 0 bridgehead atoms. The molecule has 1 saturated carbocycles. The second-order valence-electron chi connectivity index (χ2n) is 4.04. The van der Waals surface area contributed by atoms with E-state index in [1.54, 1.807) is 0 Å². The molecule has 0 aromatic heterocycles. The molecule has 2 heteroatoms. The summed E-state index contributed by atoms with van der Waals surface area (Å²) in [7, 11) is 0. The van der Waals surface area contributed by atoms with Gasteiger partial charge in [-0.05, 0) is 32.2 Å². The minimum Gasteiger partial charge on any atom is -0.314 e. The molecule has 0 saturated heterocycles. The smallest absolute Gasteiger partial charge is 0.00670 e. The van der Waals surface area contributed by atoms with Gasteiger partial charge in [-0.1, -0.05) is 41.6 Å². The highest BCUT2D eigenvalue weighted by Gasteiger charge is 2.12. The molecule has 0 unspecified atom stereocenters. The van der Waals surface area contributed by atoms with E-state index in [-0.39, 0.29) is 0 Å². The predicted octanol–water partition coefficient (Wildman–Crippen LogP) is 3.47. The van der Waals surface area contributed by atoms with Crippen LogP contribution in [0.1, 0.15) is 51.4 Å². The van der Waals surface area contributed by atoms with Crippen LogP contribution in [0.15, 0.2) is 0 Å². The van der Waals surface area contributed by atoms with Gasteiger partial charge in [-0.25, -0.2) is 0 Å². The van der Waals surface area contributed by atoms with E-state index >= 15 is 0 Å². The number of rotatable bonds is 7. The van der Waals surface area contributed by atoms with Crippen molar-refractivity contribution in [3.05, 3.63) is 0 Å². The molecule has 1 fully saturated rings. The van der Waals surface area contributed by atoms with Crippen LogP contribution in [0.3, 0.4) is 0 Å². The second-order valence-corrected chi connectivity index (χ2v) is 4.83. The van der Waals surface area contributed by atoms with Gasteiger partial charge >= 0.3 is 0 Å². The zero-order valence-electron chi connectivity index (χ0n) is 8.53. The van der Waals surface area contributed by atoms with Gasteiger partial charge in [0.2, 0.25) is 0 Å². The van der Waals surface area contributed by atoms with Crippen LogP contribution in [0, 0.1) is 0 Å². The van der Waals surface area contributed by atoms with Crippen LogP contribution in [-0.2, 0) is 0 Å². The maximum absolute atomic E-state index is 3.65. The Morgan fingerprint density at radius 1 is 1.00 bits per heavy atom. The fourth-order valence-electron chi connectivity index (χ4n) is 2.01. The molecule has 0 spiro atoms. The molecule has 0 aliphatic heterocycles. The number of alkyl halides is 1. The third-order valence-corrected chi connectivity index (χ3v) is 3.41. The van der Waals surface area contributed by atoms with Crippen LogP contribution in [0.25, 0.3) is 0 Å². The highest BCUT2D eigenvalue weighted by molar-refractivity contribution is 9.09. The van der Waals surface area contributed by atoms with Crippen LogP contribution in [-0.4, -0.2) is 17.9 Å². The first-order chi connectivity index (χ1) is 6.43. The minimum absolute atomic E-state index is 0.858. The van der Waals surface area contributed by atoms with Gasteiger partial charge < -0.3 is 5.32 Å². The Morgan fingerprint density at radius 3 is 2.38 bits per heavy atom. The number of hydrogen-bond donors (Lipinski definition) is 1. The average Bonchev–Trinajstić information content (AvgIpc) is 2.63. The quantitative estimate of drug-likeness (QED) is 0.537. The van der Waals surface area contributed by atoms with Crippen LogP contribution in [0.5, 0.6) is 0 Å². The van der Waals surface area contributed by atoms with Crippen LogP contribution in [0.2, 0.25) is 0 Å². The maximum Gasteiger partial charge on any atom is 0.00670 e. The van der Waals surface area contributed by atoms with Crippen LogP contribution in [0.4, 0.5) is 0 Å². The molecule has 0 aromatic carbocycles. The van der Waals surface area contributed by atoms with Gasteiger partial charge in [0.25, 0.3) is 0 Å². The molecule has 0 aromatic rings. The van der Waals surface area contributed by atoms with Gasteiger partial charge in [0.1, 0.15) is 0 Å². The normalized spacial score (nSPS) is 18.2. The summed E-state index contributed by atoms with van der Waals surface area (Å²) in [5, 5.41) is 4.82. The molecule has 1 N–H and O–H groups in total. The first-order valence-electron chi connectivity index (χ1n) is 5.73. The van der Waals surface area contributed by atoms with Gasteiger partial charge in [0.15, 0.2) is 0 Å². The van der Waals surface area contributed by atoms with Crippen molar-refractivity contribution in [2.24, 2.45) is 0 Å². The highest BCUT2D eigenvalue weighted by Crippen LogP contribution is 2.17. The third-order valence-electron chi connectivity index (χ3n) is 2.85. The Kier molecular flexibility index (Phi) is 6.92. The molecule has 0 radical (unpaired) electrons.